The van der Waals surface area contributed by atoms with Gasteiger partial charge in [-0.3, -0.25) is 0 Å². The summed E-state index contributed by atoms with van der Waals surface area (Å²) in [4.78, 5) is 0. The number of nitrogens with zero attached hydrogens (tertiary/aromatic N) is 1. The maximum atomic E-state index is 2.45. The molecule has 0 saturated heterocycles. The van der Waals surface area contributed by atoms with Crippen LogP contribution in [0.1, 0.15) is 44.6 Å². The van der Waals surface area contributed by atoms with Crippen LogP contribution in [-0.4, -0.2) is 4.57 Å². The molecule has 13 heavy (non-hydrogen) atoms. The fourth-order valence-corrected chi connectivity index (χ4v) is 2.00. The number of aryl methyl sites for hydroxylation is 2. The zero-order valence-corrected chi connectivity index (χ0v) is 9.73. The number of hydrogen-bond acceptors (Lipinski definition) is 0. The molecule has 0 amide bonds. The first-order valence-corrected chi connectivity index (χ1v) is 5.06. The molecule has 0 saturated carbocycles. The maximum Gasteiger partial charge on any atom is 0.0360 e. The lowest BCUT2D eigenvalue weighted by molar-refractivity contribution is 0.379. The van der Waals surface area contributed by atoms with E-state index < -0.39 is 0 Å². The molecule has 0 atom stereocenters. The third-order valence-electron chi connectivity index (χ3n) is 2.61. The molecule has 74 valence electrons. The predicted molar refractivity (Wildman–Crippen MR) is 58.3 cm³/mol. The molecule has 0 bridgehead atoms. The van der Waals surface area contributed by atoms with E-state index in [0.717, 1.165) is 6.42 Å². The Bertz CT molecular complexity index is 300. The molecule has 0 aliphatic carbocycles. The van der Waals surface area contributed by atoms with Crippen LogP contribution in [0.2, 0.25) is 0 Å². The van der Waals surface area contributed by atoms with Crippen LogP contribution in [0, 0.1) is 13.8 Å². The van der Waals surface area contributed by atoms with Gasteiger partial charge in [-0.25, -0.2) is 0 Å². The van der Waals surface area contributed by atoms with E-state index in [1.807, 2.05) is 0 Å². The summed E-state index contributed by atoms with van der Waals surface area (Å²) < 4.78 is 2.45. The lowest BCUT2D eigenvalue weighted by Gasteiger charge is -2.26. The second-order valence-corrected chi connectivity index (χ2v) is 4.76. The van der Waals surface area contributed by atoms with E-state index in [-0.39, 0.29) is 5.54 Å². The molecule has 1 nitrogen and oxygen atoms in total. The Morgan fingerprint density at radius 3 is 2.08 bits per heavy atom. The van der Waals surface area contributed by atoms with E-state index in [4.69, 9.17) is 0 Å². The summed E-state index contributed by atoms with van der Waals surface area (Å²) in [5, 5.41) is 0. The smallest absolute Gasteiger partial charge is 0.0360 e. The summed E-state index contributed by atoms with van der Waals surface area (Å²) in [6, 6.07) is 2.31. The zero-order valence-electron chi connectivity index (χ0n) is 9.73. The van der Waals surface area contributed by atoms with Crippen molar-refractivity contribution in [1.29, 1.82) is 0 Å². The van der Waals surface area contributed by atoms with Crippen LogP contribution in [0.25, 0.3) is 0 Å². The lowest BCUT2D eigenvalue weighted by atomic mass is 10.1. The van der Waals surface area contributed by atoms with Crippen LogP contribution in [0.5, 0.6) is 0 Å². The van der Waals surface area contributed by atoms with Gasteiger partial charge in [0.15, 0.2) is 0 Å². The van der Waals surface area contributed by atoms with E-state index in [9.17, 15) is 0 Å². The van der Waals surface area contributed by atoms with Gasteiger partial charge >= 0.3 is 0 Å². The van der Waals surface area contributed by atoms with E-state index in [2.05, 4.69) is 52.2 Å². The van der Waals surface area contributed by atoms with Gasteiger partial charge in [0.25, 0.3) is 0 Å². The molecule has 1 aromatic heterocycles. The molecule has 0 aromatic carbocycles. The monoisotopic (exact) mass is 179 g/mol. The Morgan fingerprint density at radius 2 is 1.77 bits per heavy atom. The first kappa shape index (κ1) is 10.4. The van der Waals surface area contributed by atoms with Crippen LogP contribution in [-0.2, 0) is 12.0 Å². The normalized spacial score (nSPS) is 12.2. The van der Waals surface area contributed by atoms with Crippen LogP contribution in [0.3, 0.4) is 0 Å². The highest BCUT2D eigenvalue weighted by atomic mass is 15.1. The highest BCUT2D eigenvalue weighted by molar-refractivity contribution is 5.27. The number of rotatable bonds is 1. The SMILES string of the molecule is CCc1cc(C)c(C)n1C(C)(C)C. The van der Waals surface area contributed by atoms with Crippen molar-refractivity contribution in [3.63, 3.8) is 0 Å². The van der Waals surface area contributed by atoms with Gasteiger partial charge in [0.2, 0.25) is 0 Å². The number of aromatic nitrogens is 1. The Hall–Kier alpha value is -0.720. The van der Waals surface area contributed by atoms with Crippen molar-refractivity contribution in [2.45, 2.75) is 53.5 Å². The number of hydrogen-bond donors (Lipinski definition) is 0. The molecule has 1 heterocycles. The van der Waals surface area contributed by atoms with Crippen LogP contribution >= 0.6 is 0 Å². The second-order valence-electron chi connectivity index (χ2n) is 4.76. The van der Waals surface area contributed by atoms with Crippen molar-refractivity contribution in [3.8, 4) is 0 Å². The molecule has 0 unspecified atom stereocenters. The van der Waals surface area contributed by atoms with Crippen molar-refractivity contribution >= 4 is 0 Å². The predicted octanol–water partition coefficient (Wildman–Crippen LogP) is 3.42. The summed E-state index contributed by atoms with van der Waals surface area (Å²) in [6.07, 6.45) is 1.12. The Balaban J connectivity index is 3.33. The molecule has 0 fully saturated rings. The summed E-state index contributed by atoms with van der Waals surface area (Å²) in [6.45, 7) is 13.4. The van der Waals surface area contributed by atoms with E-state index >= 15 is 0 Å². The van der Waals surface area contributed by atoms with Gasteiger partial charge < -0.3 is 4.57 Å². The van der Waals surface area contributed by atoms with Gasteiger partial charge in [0.05, 0.1) is 0 Å². The van der Waals surface area contributed by atoms with Crippen molar-refractivity contribution in [2.24, 2.45) is 0 Å². The van der Waals surface area contributed by atoms with Crippen LogP contribution in [0.4, 0.5) is 0 Å². The maximum absolute atomic E-state index is 2.45. The Kier molecular flexibility index (Phi) is 2.56. The molecule has 0 aliphatic heterocycles. The summed E-state index contributed by atoms with van der Waals surface area (Å²) in [5.41, 5.74) is 4.47. The minimum absolute atomic E-state index is 0.212. The van der Waals surface area contributed by atoms with Gasteiger partial charge in [-0.15, -0.1) is 0 Å². The molecule has 0 aliphatic rings. The van der Waals surface area contributed by atoms with Crippen molar-refractivity contribution in [2.75, 3.05) is 0 Å². The average Bonchev–Trinajstić information content (AvgIpc) is 2.26. The lowest BCUT2D eigenvalue weighted by Crippen LogP contribution is -2.24. The van der Waals surface area contributed by atoms with Crippen LogP contribution in [0.15, 0.2) is 6.07 Å². The molecule has 0 radical (unpaired) electrons. The summed E-state index contributed by atoms with van der Waals surface area (Å²) in [5.74, 6) is 0. The van der Waals surface area contributed by atoms with E-state index in [0.29, 0.717) is 0 Å². The topological polar surface area (TPSA) is 4.93 Å². The third kappa shape index (κ3) is 1.79. The third-order valence-corrected chi connectivity index (χ3v) is 2.61. The highest BCUT2D eigenvalue weighted by Crippen LogP contribution is 2.24. The molecule has 0 spiro atoms. The van der Waals surface area contributed by atoms with E-state index in [1.165, 1.54) is 17.0 Å². The largest absolute Gasteiger partial charge is 0.343 e. The van der Waals surface area contributed by atoms with Gasteiger partial charge in [-0.1, -0.05) is 6.92 Å². The van der Waals surface area contributed by atoms with Gasteiger partial charge in [0.1, 0.15) is 0 Å². The zero-order chi connectivity index (χ0) is 10.2. The second kappa shape index (κ2) is 3.21. The van der Waals surface area contributed by atoms with Gasteiger partial charge in [-0.05, 0) is 52.7 Å². The van der Waals surface area contributed by atoms with Crippen molar-refractivity contribution in [3.05, 3.63) is 23.0 Å². The standard InChI is InChI=1S/C12H21N/c1-7-11-8-9(2)10(3)13(11)12(4,5)6/h8H,7H2,1-6H3. The minimum atomic E-state index is 0.212. The molecular weight excluding hydrogens is 158 g/mol. The van der Waals surface area contributed by atoms with Gasteiger partial charge in [-0.2, -0.15) is 0 Å². The van der Waals surface area contributed by atoms with Crippen molar-refractivity contribution in [1.82, 2.24) is 4.57 Å². The average molecular weight is 179 g/mol. The van der Waals surface area contributed by atoms with Gasteiger partial charge in [0, 0.05) is 16.9 Å². The first-order valence-electron chi connectivity index (χ1n) is 5.06. The highest BCUT2D eigenvalue weighted by Gasteiger charge is 2.18. The van der Waals surface area contributed by atoms with E-state index in [1.54, 1.807) is 0 Å². The minimum Gasteiger partial charge on any atom is -0.343 e. The summed E-state index contributed by atoms with van der Waals surface area (Å²) >= 11 is 0. The molecule has 1 aromatic rings. The fourth-order valence-electron chi connectivity index (χ4n) is 2.00. The van der Waals surface area contributed by atoms with Crippen molar-refractivity contribution < 1.29 is 0 Å². The Morgan fingerprint density at radius 1 is 1.23 bits per heavy atom. The Labute approximate surface area is 81.8 Å². The summed E-state index contributed by atoms with van der Waals surface area (Å²) in [7, 11) is 0. The molecule has 1 heteroatoms. The molecule has 0 N–H and O–H groups in total. The fraction of sp³-hybridized carbons (Fsp3) is 0.667. The first-order chi connectivity index (χ1) is 5.88. The van der Waals surface area contributed by atoms with Crippen LogP contribution < -0.4 is 0 Å². The molecule has 1 rings (SSSR count). The molecular formula is C12H21N. The quantitative estimate of drug-likeness (QED) is 0.622.